The summed E-state index contributed by atoms with van der Waals surface area (Å²) < 4.78 is 127. The number of hydrogen-bond acceptors (Lipinski definition) is 7. The predicted molar refractivity (Wildman–Crippen MR) is 135 cm³/mol. The van der Waals surface area contributed by atoms with Crippen molar-refractivity contribution in [1.29, 1.82) is 0 Å². The molecule has 1 N–H and O–H groups in total. The van der Waals surface area contributed by atoms with Crippen LogP contribution in [0.5, 0.6) is 0 Å². The van der Waals surface area contributed by atoms with Gasteiger partial charge >= 0.3 is 18.5 Å². The molecule has 236 valence electrons. The Bertz CT molecular complexity index is 1520. The van der Waals surface area contributed by atoms with E-state index in [1.54, 1.807) is 6.92 Å². The lowest BCUT2D eigenvalue weighted by molar-refractivity contribution is -0.298. The number of carbonyl (C=O) groups excluding carboxylic acids is 1. The fourth-order valence-electron chi connectivity index (χ4n) is 4.76. The molecule has 1 saturated heterocycles. The number of aromatic nitrogens is 5. The fourth-order valence-corrected chi connectivity index (χ4v) is 5.86. The van der Waals surface area contributed by atoms with Crippen LogP contribution in [-0.4, -0.2) is 65.6 Å². The highest BCUT2D eigenvalue weighted by atomic mass is 32.1. The van der Waals surface area contributed by atoms with Crippen LogP contribution < -0.4 is 0 Å². The van der Waals surface area contributed by atoms with E-state index in [1.807, 2.05) is 0 Å². The zero-order chi connectivity index (χ0) is 32.5. The second-order valence-corrected chi connectivity index (χ2v) is 11.9. The topological polar surface area (TPSA) is 97.0 Å². The summed E-state index contributed by atoms with van der Waals surface area (Å²) in [5.41, 5.74) is -11.5. The smallest absolute Gasteiger partial charge is 0.382 e. The van der Waals surface area contributed by atoms with Crippen molar-refractivity contribution >= 4 is 17.2 Å². The third-order valence-corrected chi connectivity index (χ3v) is 8.44. The van der Waals surface area contributed by atoms with Crippen LogP contribution in [0.4, 0.5) is 39.5 Å². The van der Waals surface area contributed by atoms with E-state index in [9.17, 15) is 49.4 Å². The molecule has 0 unspecified atom stereocenters. The number of nitrogens with zero attached hydrogens (tertiary/aromatic N) is 6. The van der Waals surface area contributed by atoms with Gasteiger partial charge in [-0.1, -0.05) is 0 Å². The molecule has 0 saturated carbocycles. The first-order valence-corrected chi connectivity index (χ1v) is 13.5. The molecule has 4 heterocycles. The van der Waals surface area contributed by atoms with Crippen LogP contribution in [0.2, 0.25) is 0 Å². The minimum Gasteiger partial charge on any atom is -0.382 e. The average Bonchev–Trinajstić information content (AvgIpc) is 3.58. The minimum atomic E-state index is -6.04. The lowest BCUT2D eigenvalue weighted by Gasteiger charge is -2.33. The van der Waals surface area contributed by atoms with Crippen LogP contribution >= 0.6 is 11.3 Å². The van der Waals surface area contributed by atoms with Gasteiger partial charge in [0.15, 0.2) is 22.1 Å². The SMILES string of the molecule is C[C@H]1CCCN1C(=O)c1nc(-c2nnc(C(C)(C)O)n2C)sc1-c1cnc(C(C)(C(F)(F)F)C(F)(F)F)cc1C(F)(F)F. The normalized spacial score (nSPS) is 17.2. The Morgan fingerprint density at radius 2 is 1.63 bits per heavy atom. The highest BCUT2D eigenvalue weighted by Crippen LogP contribution is 2.53. The average molecular weight is 645 g/mol. The number of carbonyl (C=O) groups is 1. The van der Waals surface area contributed by atoms with E-state index in [0.29, 0.717) is 24.2 Å². The number of aliphatic hydroxyl groups is 1. The molecule has 18 heteroatoms. The van der Waals surface area contributed by atoms with Crippen molar-refractivity contribution in [3.63, 3.8) is 0 Å². The summed E-state index contributed by atoms with van der Waals surface area (Å²) in [4.78, 5) is 21.9. The third-order valence-electron chi connectivity index (χ3n) is 7.36. The number of halogens is 9. The summed E-state index contributed by atoms with van der Waals surface area (Å²) in [7, 11) is 1.43. The van der Waals surface area contributed by atoms with Crippen molar-refractivity contribution in [2.45, 2.75) is 76.1 Å². The highest BCUT2D eigenvalue weighted by molar-refractivity contribution is 7.18. The zero-order valence-corrected chi connectivity index (χ0v) is 24.0. The lowest BCUT2D eigenvalue weighted by Crippen LogP contribution is -2.52. The minimum absolute atomic E-state index is 0.0425. The second kappa shape index (κ2) is 10.4. The van der Waals surface area contributed by atoms with Gasteiger partial charge in [0.25, 0.3) is 5.91 Å². The molecular formula is C25H25F9N6O2S. The molecule has 8 nitrogen and oxygen atoms in total. The predicted octanol–water partition coefficient (Wildman–Crippen LogP) is 6.25. The zero-order valence-electron chi connectivity index (χ0n) is 23.2. The van der Waals surface area contributed by atoms with Gasteiger partial charge in [-0.25, -0.2) is 4.98 Å². The molecule has 1 aliphatic rings. The molecule has 4 rings (SSSR count). The maximum atomic E-state index is 14.4. The van der Waals surface area contributed by atoms with Gasteiger partial charge in [0, 0.05) is 31.4 Å². The summed E-state index contributed by atoms with van der Waals surface area (Å²) in [6, 6.07) is -0.610. The van der Waals surface area contributed by atoms with Crippen LogP contribution in [0.3, 0.4) is 0 Å². The summed E-state index contributed by atoms with van der Waals surface area (Å²) in [5, 5.41) is 18.0. The van der Waals surface area contributed by atoms with Gasteiger partial charge in [-0.05, 0) is 46.6 Å². The molecule has 0 spiro atoms. The first-order chi connectivity index (χ1) is 19.5. The standard InChI is InChI=1S/C25H25F9N6O2S/c1-11-7-6-8-40(11)19(41)15-16(43-18(36-15)17-37-38-20(39(17)5)21(2,3)42)12-10-35-14(9-13(12)23(26,27)28)22(4,24(29,30)31)25(32,33)34/h9-11,42H,6-8H2,1-5H3/t11-/m0/s1. The van der Waals surface area contributed by atoms with Crippen molar-refractivity contribution in [1.82, 2.24) is 29.6 Å². The van der Waals surface area contributed by atoms with Crippen LogP contribution in [0.15, 0.2) is 12.3 Å². The molecule has 3 aromatic rings. The molecular weight excluding hydrogens is 619 g/mol. The Kier molecular flexibility index (Phi) is 7.91. The van der Waals surface area contributed by atoms with Crippen molar-refractivity contribution < 1.29 is 49.4 Å². The molecule has 3 aromatic heterocycles. The van der Waals surface area contributed by atoms with Gasteiger partial charge in [-0.3, -0.25) is 9.78 Å². The molecule has 1 amide bonds. The Hall–Kier alpha value is -3.28. The van der Waals surface area contributed by atoms with Crippen LogP contribution in [0, 0.1) is 0 Å². The third kappa shape index (κ3) is 5.58. The Labute approximate surface area is 242 Å². The maximum absolute atomic E-state index is 14.4. The first-order valence-electron chi connectivity index (χ1n) is 12.7. The molecule has 1 atom stereocenters. The van der Waals surface area contributed by atoms with Crippen molar-refractivity contribution in [3.8, 4) is 21.3 Å². The van der Waals surface area contributed by atoms with Crippen molar-refractivity contribution in [2.75, 3.05) is 6.54 Å². The molecule has 0 bridgehead atoms. The van der Waals surface area contributed by atoms with Gasteiger partial charge in [0.2, 0.25) is 0 Å². The van der Waals surface area contributed by atoms with E-state index in [0.717, 1.165) is 0 Å². The first kappa shape index (κ1) is 32.6. The number of hydrogen-bond donors (Lipinski definition) is 1. The molecule has 1 aliphatic heterocycles. The molecule has 1 fully saturated rings. The molecule has 0 radical (unpaired) electrons. The highest BCUT2D eigenvalue weighted by Gasteiger charge is 2.69. The lowest BCUT2D eigenvalue weighted by atomic mass is 9.83. The molecule has 43 heavy (non-hydrogen) atoms. The van der Waals surface area contributed by atoms with E-state index < -0.39 is 62.8 Å². The van der Waals surface area contributed by atoms with E-state index in [4.69, 9.17) is 0 Å². The Morgan fingerprint density at radius 3 is 2.09 bits per heavy atom. The number of alkyl halides is 9. The Balaban J connectivity index is 2.00. The van der Waals surface area contributed by atoms with E-state index in [2.05, 4.69) is 20.2 Å². The van der Waals surface area contributed by atoms with Crippen LogP contribution in [0.25, 0.3) is 21.3 Å². The van der Waals surface area contributed by atoms with Gasteiger partial charge in [0.1, 0.15) is 11.3 Å². The largest absolute Gasteiger partial charge is 0.417 e. The number of rotatable bonds is 5. The fraction of sp³-hybridized carbons (Fsp3) is 0.560. The molecule has 0 aliphatic carbocycles. The quantitative estimate of drug-likeness (QED) is 0.330. The summed E-state index contributed by atoms with van der Waals surface area (Å²) in [6.45, 7) is 4.46. The number of amides is 1. The number of pyridine rings is 1. The van der Waals surface area contributed by atoms with Crippen molar-refractivity contribution in [2.24, 2.45) is 7.05 Å². The van der Waals surface area contributed by atoms with Crippen LogP contribution in [0.1, 0.15) is 68.1 Å². The van der Waals surface area contributed by atoms with Gasteiger partial charge in [-0.2, -0.15) is 39.5 Å². The van der Waals surface area contributed by atoms with Crippen LogP contribution in [-0.2, 0) is 24.2 Å². The van der Waals surface area contributed by atoms with Gasteiger partial charge in [0.05, 0.1) is 16.1 Å². The van der Waals surface area contributed by atoms with Crippen molar-refractivity contribution in [3.05, 3.63) is 35.0 Å². The number of likely N-dealkylation sites (tertiary alicyclic amines) is 1. The maximum Gasteiger partial charge on any atom is 0.417 e. The summed E-state index contributed by atoms with van der Waals surface area (Å²) in [5.74, 6) is -0.808. The van der Waals surface area contributed by atoms with E-state index >= 15 is 0 Å². The van der Waals surface area contributed by atoms with E-state index in [1.165, 1.54) is 30.4 Å². The number of thiazole rings is 1. The van der Waals surface area contributed by atoms with Gasteiger partial charge in [-0.15, -0.1) is 21.5 Å². The molecule has 0 aromatic carbocycles. The summed E-state index contributed by atoms with van der Waals surface area (Å²) in [6.07, 6.45) is -16.1. The van der Waals surface area contributed by atoms with Gasteiger partial charge < -0.3 is 14.6 Å². The van der Waals surface area contributed by atoms with E-state index in [-0.39, 0.29) is 48.4 Å². The second-order valence-electron chi connectivity index (χ2n) is 10.9. The monoisotopic (exact) mass is 644 g/mol. The Morgan fingerprint density at radius 1 is 1.02 bits per heavy atom. The summed E-state index contributed by atoms with van der Waals surface area (Å²) >= 11 is 0.499.